The number of amides is 2. The van der Waals surface area contributed by atoms with Crippen LogP contribution >= 0.6 is 0 Å². The molecule has 3 rings (SSSR count). The highest BCUT2D eigenvalue weighted by Crippen LogP contribution is 2.31. The SMILES string of the molecule is CC(C)(c1ccccc1)c1ccc(C(=O)NCC(=O)N2CCCC2)cc1. The largest absolute Gasteiger partial charge is 0.343 e. The molecule has 1 aliphatic rings. The molecule has 136 valence electrons. The third-order valence-corrected chi connectivity index (χ3v) is 5.22. The second-order valence-electron chi connectivity index (χ2n) is 7.34. The van der Waals surface area contributed by atoms with E-state index in [9.17, 15) is 9.59 Å². The summed E-state index contributed by atoms with van der Waals surface area (Å²) in [6.45, 7) is 6.02. The third kappa shape index (κ3) is 3.96. The Kier molecular flexibility index (Phi) is 5.40. The Labute approximate surface area is 155 Å². The van der Waals surface area contributed by atoms with E-state index >= 15 is 0 Å². The minimum absolute atomic E-state index is 0.00215. The smallest absolute Gasteiger partial charge is 0.251 e. The molecule has 4 nitrogen and oxygen atoms in total. The highest BCUT2D eigenvalue weighted by molar-refractivity contribution is 5.96. The maximum atomic E-state index is 12.3. The van der Waals surface area contributed by atoms with E-state index in [-0.39, 0.29) is 23.8 Å². The van der Waals surface area contributed by atoms with Gasteiger partial charge in [-0.05, 0) is 36.1 Å². The van der Waals surface area contributed by atoms with Crippen LogP contribution in [0.15, 0.2) is 54.6 Å². The molecule has 26 heavy (non-hydrogen) atoms. The molecule has 1 aliphatic heterocycles. The lowest BCUT2D eigenvalue weighted by molar-refractivity contribution is -0.129. The molecule has 0 spiro atoms. The van der Waals surface area contributed by atoms with Gasteiger partial charge in [0.15, 0.2) is 0 Å². The molecule has 1 N–H and O–H groups in total. The molecular formula is C22H26N2O2. The van der Waals surface area contributed by atoms with Gasteiger partial charge in [0.05, 0.1) is 6.54 Å². The molecule has 0 atom stereocenters. The third-order valence-electron chi connectivity index (χ3n) is 5.22. The molecule has 0 aliphatic carbocycles. The van der Waals surface area contributed by atoms with Crippen LogP contribution in [0.2, 0.25) is 0 Å². The van der Waals surface area contributed by atoms with Crippen molar-refractivity contribution in [1.29, 1.82) is 0 Å². The first-order chi connectivity index (χ1) is 12.5. The molecule has 0 unspecified atom stereocenters. The monoisotopic (exact) mass is 350 g/mol. The van der Waals surface area contributed by atoms with Crippen molar-refractivity contribution >= 4 is 11.8 Å². The molecule has 2 aromatic rings. The lowest BCUT2D eigenvalue weighted by Gasteiger charge is -2.26. The first-order valence-electron chi connectivity index (χ1n) is 9.20. The minimum Gasteiger partial charge on any atom is -0.343 e. The van der Waals surface area contributed by atoms with E-state index in [1.807, 2.05) is 47.4 Å². The molecule has 0 bridgehead atoms. The van der Waals surface area contributed by atoms with E-state index in [2.05, 4.69) is 31.3 Å². The predicted octanol–water partition coefficient (Wildman–Crippen LogP) is 3.36. The van der Waals surface area contributed by atoms with Gasteiger partial charge in [0.1, 0.15) is 0 Å². The molecule has 0 radical (unpaired) electrons. The summed E-state index contributed by atoms with van der Waals surface area (Å²) in [5.74, 6) is -0.209. The van der Waals surface area contributed by atoms with Crippen LogP contribution in [0.5, 0.6) is 0 Å². The maximum absolute atomic E-state index is 12.3. The fourth-order valence-corrected chi connectivity index (χ4v) is 3.40. The molecule has 4 heteroatoms. The van der Waals surface area contributed by atoms with E-state index in [4.69, 9.17) is 0 Å². The summed E-state index contributed by atoms with van der Waals surface area (Å²) >= 11 is 0. The van der Waals surface area contributed by atoms with Gasteiger partial charge in [-0.1, -0.05) is 56.3 Å². The lowest BCUT2D eigenvalue weighted by Crippen LogP contribution is -2.38. The summed E-state index contributed by atoms with van der Waals surface area (Å²) in [5, 5.41) is 2.74. The molecule has 1 heterocycles. The number of carbonyl (C=O) groups excluding carboxylic acids is 2. The van der Waals surface area contributed by atoms with Crippen molar-refractivity contribution in [2.24, 2.45) is 0 Å². The predicted molar refractivity (Wildman–Crippen MR) is 103 cm³/mol. The van der Waals surface area contributed by atoms with Crippen LogP contribution < -0.4 is 5.32 Å². The second-order valence-corrected chi connectivity index (χ2v) is 7.34. The first kappa shape index (κ1) is 18.2. The van der Waals surface area contributed by atoms with Crippen LogP contribution in [0.4, 0.5) is 0 Å². The molecule has 0 saturated carbocycles. The van der Waals surface area contributed by atoms with Gasteiger partial charge in [0, 0.05) is 24.1 Å². The van der Waals surface area contributed by atoms with Crippen molar-refractivity contribution in [2.75, 3.05) is 19.6 Å². The Morgan fingerprint density at radius 3 is 2.12 bits per heavy atom. The van der Waals surface area contributed by atoms with Crippen LogP contribution in [0.1, 0.15) is 48.2 Å². The number of likely N-dealkylation sites (tertiary alicyclic amines) is 1. The van der Waals surface area contributed by atoms with E-state index in [1.165, 1.54) is 5.56 Å². The van der Waals surface area contributed by atoms with E-state index in [1.54, 1.807) is 0 Å². The normalized spacial score (nSPS) is 14.3. The first-order valence-corrected chi connectivity index (χ1v) is 9.20. The van der Waals surface area contributed by atoms with E-state index in [0.29, 0.717) is 5.56 Å². The van der Waals surface area contributed by atoms with Crippen molar-refractivity contribution in [3.05, 3.63) is 71.3 Å². The van der Waals surface area contributed by atoms with Crippen LogP contribution in [0.25, 0.3) is 0 Å². The van der Waals surface area contributed by atoms with Gasteiger partial charge in [-0.3, -0.25) is 9.59 Å². The highest BCUT2D eigenvalue weighted by Gasteiger charge is 2.23. The molecule has 2 aromatic carbocycles. The summed E-state index contributed by atoms with van der Waals surface area (Å²) in [7, 11) is 0. The van der Waals surface area contributed by atoms with Crippen LogP contribution in [-0.4, -0.2) is 36.3 Å². The summed E-state index contributed by atoms with van der Waals surface area (Å²) in [4.78, 5) is 26.2. The molecule has 1 fully saturated rings. The fourth-order valence-electron chi connectivity index (χ4n) is 3.40. The number of rotatable bonds is 5. The van der Waals surface area contributed by atoms with Crippen molar-refractivity contribution in [3.8, 4) is 0 Å². The van der Waals surface area contributed by atoms with Gasteiger partial charge < -0.3 is 10.2 Å². The Morgan fingerprint density at radius 1 is 0.923 bits per heavy atom. The zero-order valence-corrected chi connectivity index (χ0v) is 15.5. The maximum Gasteiger partial charge on any atom is 0.251 e. The van der Waals surface area contributed by atoms with E-state index in [0.717, 1.165) is 31.5 Å². The lowest BCUT2D eigenvalue weighted by atomic mass is 9.78. The van der Waals surface area contributed by atoms with Crippen LogP contribution in [-0.2, 0) is 10.2 Å². The summed E-state index contributed by atoms with van der Waals surface area (Å²) in [6.07, 6.45) is 2.11. The number of hydrogen-bond donors (Lipinski definition) is 1. The summed E-state index contributed by atoms with van der Waals surface area (Å²) in [6, 6.07) is 18.0. The van der Waals surface area contributed by atoms with Crippen molar-refractivity contribution in [3.63, 3.8) is 0 Å². The Hall–Kier alpha value is -2.62. The van der Waals surface area contributed by atoms with Crippen LogP contribution in [0, 0.1) is 0 Å². The van der Waals surface area contributed by atoms with Gasteiger partial charge in [0.2, 0.25) is 5.91 Å². The highest BCUT2D eigenvalue weighted by atomic mass is 16.2. The van der Waals surface area contributed by atoms with Crippen molar-refractivity contribution < 1.29 is 9.59 Å². The van der Waals surface area contributed by atoms with Gasteiger partial charge in [-0.15, -0.1) is 0 Å². The summed E-state index contributed by atoms with van der Waals surface area (Å²) in [5.41, 5.74) is 2.82. The van der Waals surface area contributed by atoms with Crippen LogP contribution in [0.3, 0.4) is 0 Å². The topological polar surface area (TPSA) is 49.4 Å². The average Bonchev–Trinajstić information content (AvgIpc) is 3.21. The van der Waals surface area contributed by atoms with Gasteiger partial charge in [-0.25, -0.2) is 0 Å². The number of carbonyl (C=O) groups is 2. The quantitative estimate of drug-likeness (QED) is 0.899. The summed E-state index contributed by atoms with van der Waals surface area (Å²) < 4.78 is 0. The van der Waals surface area contributed by atoms with Crippen molar-refractivity contribution in [1.82, 2.24) is 10.2 Å². The zero-order chi connectivity index (χ0) is 18.6. The number of hydrogen-bond acceptors (Lipinski definition) is 2. The number of nitrogens with zero attached hydrogens (tertiary/aromatic N) is 1. The Morgan fingerprint density at radius 2 is 1.50 bits per heavy atom. The zero-order valence-electron chi connectivity index (χ0n) is 15.5. The number of nitrogens with one attached hydrogen (secondary N) is 1. The molecular weight excluding hydrogens is 324 g/mol. The molecule has 0 aromatic heterocycles. The fraction of sp³-hybridized carbons (Fsp3) is 0.364. The Balaban J connectivity index is 1.63. The van der Waals surface area contributed by atoms with E-state index < -0.39 is 0 Å². The standard InChI is InChI=1S/C22H26N2O2/c1-22(2,18-8-4-3-5-9-18)19-12-10-17(11-13-19)21(26)23-16-20(25)24-14-6-7-15-24/h3-5,8-13H,6-7,14-16H2,1-2H3,(H,23,26). The molecule has 1 saturated heterocycles. The van der Waals surface area contributed by atoms with Gasteiger partial charge in [-0.2, -0.15) is 0 Å². The van der Waals surface area contributed by atoms with Gasteiger partial charge in [0.25, 0.3) is 5.91 Å². The van der Waals surface area contributed by atoms with Gasteiger partial charge >= 0.3 is 0 Å². The second kappa shape index (κ2) is 7.73. The Bertz CT molecular complexity index is 760. The average molecular weight is 350 g/mol. The number of benzene rings is 2. The minimum atomic E-state index is -0.207. The molecule has 2 amide bonds. The van der Waals surface area contributed by atoms with Crippen molar-refractivity contribution in [2.45, 2.75) is 32.1 Å².